The minimum atomic E-state index is -0.887. The van der Waals surface area contributed by atoms with E-state index in [0.717, 1.165) is 24.8 Å². The summed E-state index contributed by atoms with van der Waals surface area (Å²) in [6, 6.07) is 4.43. The lowest BCUT2D eigenvalue weighted by atomic mass is 9.97. The van der Waals surface area contributed by atoms with Crippen LogP contribution in [0.1, 0.15) is 41.6 Å². The van der Waals surface area contributed by atoms with E-state index in [1.807, 2.05) is 6.92 Å². The van der Waals surface area contributed by atoms with Gasteiger partial charge in [-0.1, -0.05) is 6.07 Å². The van der Waals surface area contributed by atoms with Crippen molar-refractivity contribution in [3.8, 4) is 5.75 Å². The van der Waals surface area contributed by atoms with Gasteiger partial charge in [0.25, 0.3) is 5.91 Å². The summed E-state index contributed by atoms with van der Waals surface area (Å²) in [6.07, 6.45) is 2.53. The van der Waals surface area contributed by atoms with Gasteiger partial charge in [0.05, 0.1) is 6.42 Å². The van der Waals surface area contributed by atoms with Crippen molar-refractivity contribution in [1.82, 2.24) is 4.90 Å². The molecule has 1 atom stereocenters. The molecule has 20 heavy (non-hydrogen) atoms. The van der Waals surface area contributed by atoms with E-state index in [1.165, 1.54) is 12.1 Å². The van der Waals surface area contributed by atoms with Crippen molar-refractivity contribution < 1.29 is 19.8 Å². The fourth-order valence-corrected chi connectivity index (χ4v) is 2.68. The van der Waals surface area contributed by atoms with Crippen LogP contribution in [0, 0.1) is 6.92 Å². The molecule has 1 unspecified atom stereocenters. The Labute approximate surface area is 117 Å². The normalized spacial score (nSPS) is 18.9. The molecule has 1 heterocycles. The van der Waals surface area contributed by atoms with Crippen LogP contribution in [0.2, 0.25) is 0 Å². The number of piperidine rings is 1. The second-order valence-corrected chi connectivity index (χ2v) is 5.25. The van der Waals surface area contributed by atoms with E-state index in [2.05, 4.69) is 0 Å². The highest BCUT2D eigenvalue weighted by Crippen LogP contribution is 2.24. The second kappa shape index (κ2) is 5.94. The average molecular weight is 277 g/mol. The SMILES string of the molecule is Cc1ccc(O)cc1C(=O)N1CCCCC1CC(=O)O. The quantitative estimate of drug-likeness (QED) is 0.887. The van der Waals surface area contributed by atoms with Crippen molar-refractivity contribution in [1.29, 1.82) is 0 Å². The van der Waals surface area contributed by atoms with Gasteiger partial charge >= 0.3 is 5.97 Å². The first kappa shape index (κ1) is 14.4. The number of likely N-dealkylation sites (tertiary alicyclic amines) is 1. The number of phenols is 1. The van der Waals surface area contributed by atoms with Crippen LogP contribution in [0.4, 0.5) is 0 Å². The number of aryl methyl sites for hydroxylation is 1. The second-order valence-electron chi connectivity index (χ2n) is 5.25. The summed E-state index contributed by atoms with van der Waals surface area (Å²) < 4.78 is 0. The number of benzene rings is 1. The number of nitrogens with zero attached hydrogens (tertiary/aromatic N) is 1. The van der Waals surface area contributed by atoms with Crippen molar-refractivity contribution in [2.45, 2.75) is 38.6 Å². The summed E-state index contributed by atoms with van der Waals surface area (Å²) >= 11 is 0. The maximum absolute atomic E-state index is 12.6. The molecule has 108 valence electrons. The molecule has 0 bridgehead atoms. The van der Waals surface area contributed by atoms with Gasteiger partial charge < -0.3 is 15.1 Å². The largest absolute Gasteiger partial charge is 0.508 e. The summed E-state index contributed by atoms with van der Waals surface area (Å²) in [5.41, 5.74) is 1.23. The molecule has 2 rings (SSSR count). The van der Waals surface area contributed by atoms with Crippen molar-refractivity contribution in [3.05, 3.63) is 29.3 Å². The van der Waals surface area contributed by atoms with Crippen LogP contribution in [0.5, 0.6) is 5.75 Å². The summed E-state index contributed by atoms with van der Waals surface area (Å²) in [4.78, 5) is 25.1. The molecule has 1 aliphatic rings. The Balaban J connectivity index is 2.25. The molecule has 0 aromatic heterocycles. The van der Waals surface area contributed by atoms with E-state index in [1.54, 1.807) is 11.0 Å². The molecule has 0 aliphatic carbocycles. The zero-order chi connectivity index (χ0) is 14.7. The molecule has 1 amide bonds. The predicted molar refractivity (Wildman–Crippen MR) is 73.8 cm³/mol. The molecule has 1 saturated heterocycles. The van der Waals surface area contributed by atoms with Gasteiger partial charge in [-0.2, -0.15) is 0 Å². The molecule has 5 heteroatoms. The van der Waals surface area contributed by atoms with Gasteiger partial charge in [0, 0.05) is 18.2 Å². The third-order valence-electron chi connectivity index (χ3n) is 3.75. The van der Waals surface area contributed by atoms with Crippen LogP contribution in [-0.2, 0) is 4.79 Å². The van der Waals surface area contributed by atoms with Crippen molar-refractivity contribution in [3.63, 3.8) is 0 Å². The number of carbonyl (C=O) groups is 2. The molecule has 0 saturated carbocycles. The minimum Gasteiger partial charge on any atom is -0.508 e. The first-order valence-electron chi connectivity index (χ1n) is 6.81. The monoisotopic (exact) mass is 277 g/mol. The Morgan fingerprint density at radius 3 is 2.80 bits per heavy atom. The Morgan fingerprint density at radius 1 is 1.35 bits per heavy atom. The van der Waals surface area contributed by atoms with Crippen molar-refractivity contribution in [2.24, 2.45) is 0 Å². The lowest BCUT2D eigenvalue weighted by molar-refractivity contribution is -0.138. The van der Waals surface area contributed by atoms with E-state index < -0.39 is 5.97 Å². The molecule has 5 nitrogen and oxygen atoms in total. The van der Waals surface area contributed by atoms with Gasteiger partial charge in [-0.05, 0) is 43.9 Å². The Hall–Kier alpha value is -2.04. The zero-order valence-electron chi connectivity index (χ0n) is 11.5. The van der Waals surface area contributed by atoms with Gasteiger partial charge in [0.1, 0.15) is 5.75 Å². The van der Waals surface area contributed by atoms with E-state index >= 15 is 0 Å². The van der Waals surface area contributed by atoms with Crippen molar-refractivity contribution >= 4 is 11.9 Å². The lowest BCUT2D eigenvalue weighted by Gasteiger charge is -2.35. The number of hydrogen-bond acceptors (Lipinski definition) is 3. The van der Waals surface area contributed by atoms with Gasteiger partial charge in [-0.25, -0.2) is 0 Å². The van der Waals surface area contributed by atoms with E-state index in [9.17, 15) is 14.7 Å². The minimum absolute atomic E-state index is 0.0242. The van der Waals surface area contributed by atoms with Crippen LogP contribution in [-0.4, -0.2) is 39.6 Å². The number of phenolic OH excluding ortho intramolecular Hbond substituents is 1. The van der Waals surface area contributed by atoms with E-state index in [4.69, 9.17) is 5.11 Å². The van der Waals surface area contributed by atoms with Gasteiger partial charge in [-0.3, -0.25) is 9.59 Å². The third kappa shape index (κ3) is 3.10. The Morgan fingerprint density at radius 2 is 2.10 bits per heavy atom. The van der Waals surface area contributed by atoms with Gasteiger partial charge in [0.2, 0.25) is 0 Å². The van der Waals surface area contributed by atoms with Gasteiger partial charge in [0.15, 0.2) is 0 Å². The maximum Gasteiger partial charge on any atom is 0.305 e. The standard InChI is InChI=1S/C15H19NO4/c1-10-5-6-12(17)9-13(10)15(20)16-7-3-2-4-11(16)8-14(18)19/h5-6,9,11,17H,2-4,7-8H2,1H3,(H,18,19). The molecule has 2 N–H and O–H groups in total. The number of amides is 1. The van der Waals surface area contributed by atoms with Gasteiger partial charge in [-0.15, -0.1) is 0 Å². The number of hydrogen-bond donors (Lipinski definition) is 2. The number of carboxylic acids is 1. The number of aromatic hydroxyl groups is 1. The summed E-state index contributed by atoms with van der Waals surface area (Å²) in [6.45, 7) is 2.38. The molecule has 1 aliphatic heterocycles. The number of carbonyl (C=O) groups excluding carboxylic acids is 1. The average Bonchev–Trinajstić information content (AvgIpc) is 2.41. The lowest BCUT2D eigenvalue weighted by Crippen LogP contribution is -2.45. The molecule has 0 spiro atoms. The first-order valence-corrected chi connectivity index (χ1v) is 6.81. The van der Waals surface area contributed by atoms with Crippen LogP contribution in [0.15, 0.2) is 18.2 Å². The highest BCUT2D eigenvalue weighted by atomic mass is 16.4. The van der Waals surface area contributed by atoms with Crippen molar-refractivity contribution in [2.75, 3.05) is 6.54 Å². The van der Waals surface area contributed by atoms with Crippen LogP contribution in [0.25, 0.3) is 0 Å². The fraction of sp³-hybridized carbons (Fsp3) is 0.467. The maximum atomic E-state index is 12.6. The number of rotatable bonds is 3. The van der Waals surface area contributed by atoms with Crippen LogP contribution >= 0.6 is 0 Å². The summed E-state index contributed by atoms with van der Waals surface area (Å²) in [5.74, 6) is -1.03. The summed E-state index contributed by atoms with van der Waals surface area (Å²) in [7, 11) is 0. The van der Waals surface area contributed by atoms with E-state index in [0.29, 0.717) is 12.1 Å². The zero-order valence-corrected chi connectivity index (χ0v) is 11.5. The number of carboxylic acid groups (broad SMARTS) is 1. The highest BCUT2D eigenvalue weighted by Gasteiger charge is 2.29. The number of aliphatic carboxylic acids is 1. The smallest absolute Gasteiger partial charge is 0.305 e. The third-order valence-corrected chi connectivity index (χ3v) is 3.75. The topological polar surface area (TPSA) is 77.8 Å². The van der Waals surface area contributed by atoms with E-state index in [-0.39, 0.29) is 24.1 Å². The Kier molecular flexibility index (Phi) is 4.27. The molecule has 0 radical (unpaired) electrons. The predicted octanol–water partition coefficient (Wildman–Crippen LogP) is 2.17. The summed E-state index contributed by atoms with van der Waals surface area (Å²) in [5, 5.41) is 18.5. The Bertz CT molecular complexity index is 527. The fourth-order valence-electron chi connectivity index (χ4n) is 2.68. The molecule has 1 aromatic carbocycles. The molecule has 1 aromatic rings. The van der Waals surface area contributed by atoms with Crippen LogP contribution in [0.3, 0.4) is 0 Å². The highest BCUT2D eigenvalue weighted by molar-refractivity contribution is 5.96. The van der Waals surface area contributed by atoms with Crippen LogP contribution < -0.4 is 0 Å². The first-order chi connectivity index (χ1) is 9.49. The molecule has 1 fully saturated rings. The molecular formula is C15H19NO4. The molecular weight excluding hydrogens is 258 g/mol.